The summed E-state index contributed by atoms with van der Waals surface area (Å²) >= 11 is 1.55. The lowest BCUT2D eigenvalue weighted by Crippen LogP contribution is -2.51. The first-order valence-electron chi connectivity index (χ1n) is 4.94. The average molecular weight is 234 g/mol. The number of urea groups is 1. The number of rotatable bonds is 4. The molecule has 0 aromatic heterocycles. The van der Waals surface area contributed by atoms with Gasteiger partial charge in [0.2, 0.25) is 0 Å². The third kappa shape index (κ3) is 8.57. The van der Waals surface area contributed by atoms with Gasteiger partial charge < -0.3 is 15.7 Å². The van der Waals surface area contributed by atoms with Crippen LogP contribution in [0.3, 0.4) is 0 Å². The molecule has 4 nitrogen and oxygen atoms in total. The zero-order valence-corrected chi connectivity index (χ0v) is 11.0. The standard InChI is InChI=1S/C10H22N2O2S/c1-9(2,3)12-8(13)11-6-10(4,14)7-15-5/h14H,6-7H2,1-5H3,(H2,11,12,13). The Hall–Kier alpha value is -0.420. The van der Waals surface area contributed by atoms with E-state index in [4.69, 9.17) is 0 Å². The van der Waals surface area contributed by atoms with Crippen LogP contribution < -0.4 is 10.6 Å². The number of aliphatic hydroxyl groups is 1. The average Bonchev–Trinajstić information content (AvgIpc) is 1.98. The highest BCUT2D eigenvalue weighted by atomic mass is 32.2. The van der Waals surface area contributed by atoms with Crippen molar-refractivity contribution in [3.05, 3.63) is 0 Å². The Morgan fingerprint density at radius 2 is 1.87 bits per heavy atom. The quantitative estimate of drug-likeness (QED) is 0.685. The first-order valence-corrected chi connectivity index (χ1v) is 6.33. The van der Waals surface area contributed by atoms with Crippen molar-refractivity contribution < 1.29 is 9.90 Å². The fourth-order valence-electron chi connectivity index (χ4n) is 1.02. The number of hydrogen-bond acceptors (Lipinski definition) is 3. The molecule has 0 aliphatic carbocycles. The van der Waals surface area contributed by atoms with Gasteiger partial charge in [-0.2, -0.15) is 11.8 Å². The van der Waals surface area contributed by atoms with Crippen LogP contribution in [0.5, 0.6) is 0 Å². The Kier molecular flexibility index (Phi) is 5.45. The molecule has 0 aromatic rings. The van der Waals surface area contributed by atoms with Crippen molar-refractivity contribution in [3.8, 4) is 0 Å². The second-order valence-electron chi connectivity index (χ2n) is 4.99. The minimum atomic E-state index is -0.853. The maximum atomic E-state index is 11.4. The van der Waals surface area contributed by atoms with Crippen LogP contribution in [0, 0.1) is 0 Å². The van der Waals surface area contributed by atoms with Gasteiger partial charge in [0, 0.05) is 17.8 Å². The van der Waals surface area contributed by atoms with E-state index in [9.17, 15) is 9.90 Å². The molecular weight excluding hydrogens is 212 g/mol. The van der Waals surface area contributed by atoms with Crippen LogP contribution in [0.25, 0.3) is 0 Å². The summed E-state index contributed by atoms with van der Waals surface area (Å²) in [5, 5.41) is 15.2. The minimum Gasteiger partial charge on any atom is -0.387 e. The number of hydrogen-bond donors (Lipinski definition) is 3. The van der Waals surface area contributed by atoms with Gasteiger partial charge in [0.1, 0.15) is 0 Å². The Bertz CT molecular complexity index is 212. The number of amides is 2. The van der Waals surface area contributed by atoms with E-state index in [-0.39, 0.29) is 18.1 Å². The van der Waals surface area contributed by atoms with Crippen LogP contribution in [0.1, 0.15) is 27.7 Å². The van der Waals surface area contributed by atoms with Crippen molar-refractivity contribution in [2.24, 2.45) is 0 Å². The zero-order valence-electron chi connectivity index (χ0n) is 10.2. The largest absolute Gasteiger partial charge is 0.387 e. The molecule has 0 heterocycles. The molecule has 0 radical (unpaired) electrons. The van der Waals surface area contributed by atoms with Crippen molar-refractivity contribution in [1.29, 1.82) is 0 Å². The summed E-state index contributed by atoms with van der Waals surface area (Å²) in [5.41, 5.74) is -1.11. The lowest BCUT2D eigenvalue weighted by atomic mass is 10.1. The summed E-state index contributed by atoms with van der Waals surface area (Å²) in [7, 11) is 0. The van der Waals surface area contributed by atoms with Crippen LogP contribution in [0.4, 0.5) is 4.79 Å². The predicted octanol–water partition coefficient (Wildman–Crippen LogP) is 1.20. The van der Waals surface area contributed by atoms with Gasteiger partial charge in [0.25, 0.3) is 0 Å². The summed E-state index contributed by atoms with van der Waals surface area (Å²) in [6.45, 7) is 7.70. The fraction of sp³-hybridized carbons (Fsp3) is 0.900. The molecule has 0 saturated carbocycles. The maximum Gasteiger partial charge on any atom is 0.315 e. The van der Waals surface area contributed by atoms with Crippen molar-refractivity contribution in [2.75, 3.05) is 18.6 Å². The monoisotopic (exact) mass is 234 g/mol. The highest BCUT2D eigenvalue weighted by Gasteiger charge is 2.21. The van der Waals surface area contributed by atoms with Gasteiger partial charge in [0.05, 0.1) is 5.60 Å². The molecule has 1 unspecified atom stereocenters. The van der Waals surface area contributed by atoms with E-state index >= 15 is 0 Å². The minimum absolute atomic E-state index is 0.246. The van der Waals surface area contributed by atoms with Crippen molar-refractivity contribution >= 4 is 17.8 Å². The number of carbonyl (C=O) groups is 1. The summed E-state index contributed by atoms with van der Waals surface area (Å²) in [6, 6.07) is -0.246. The van der Waals surface area contributed by atoms with Gasteiger partial charge >= 0.3 is 6.03 Å². The molecule has 90 valence electrons. The molecule has 0 saturated heterocycles. The second kappa shape index (κ2) is 5.61. The van der Waals surface area contributed by atoms with Crippen LogP contribution in [0.2, 0.25) is 0 Å². The maximum absolute atomic E-state index is 11.4. The van der Waals surface area contributed by atoms with Gasteiger partial charge in [-0.3, -0.25) is 0 Å². The number of thioether (sulfide) groups is 1. The van der Waals surface area contributed by atoms with E-state index in [1.165, 1.54) is 0 Å². The first kappa shape index (κ1) is 14.6. The molecule has 0 rings (SSSR count). The SMILES string of the molecule is CSCC(C)(O)CNC(=O)NC(C)(C)C. The molecule has 0 spiro atoms. The van der Waals surface area contributed by atoms with Gasteiger partial charge in [-0.05, 0) is 34.0 Å². The molecule has 3 N–H and O–H groups in total. The lowest BCUT2D eigenvalue weighted by molar-refractivity contribution is 0.0865. The van der Waals surface area contributed by atoms with Gasteiger partial charge in [-0.25, -0.2) is 4.79 Å². The van der Waals surface area contributed by atoms with Gasteiger partial charge in [0.15, 0.2) is 0 Å². The van der Waals surface area contributed by atoms with E-state index in [2.05, 4.69) is 10.6 Å². The van der Waals surface area contributed by atoms with E-state index < -0.39 is 5.60 Å². The van der Waals surface area contributed by atoms with Gasteiger partial charge in [-0.1, -0.05) is 0 Å². The molecule has 0 fully saturated rings. The molecule has 2 amide bonds. The summed E-state index contributed by atoms with van der Waals surface area (Å²) < 4.78 is 0. The molecular formula is C10H22N2O2S. The highest BCUT2D eigenvalue weighted by Crippen LogP contribution is 2.08. The van der Waals surface area contributed by atoms with E-state index in [1.54, 1.807) is 18.7 Å². The predicted molar refractivity (Wildman–Crippen MR) is 65.3 cm³/mol. The van der Waals surface area contributed by atoms with Crippen LogP contribution in [-0.2, 0) is 0 Å². The van der Waals surface area contributed by atoms with Crippen molar-refractivity contribution in [3.63, 3.8) is 0 Å². The summed E-state index contributed by atoms with van der Waals surface area (Å²) in [6.07, 6.45) is 1.92. The molecule has 0 bridgehead atoms. The smallest absolute Gasteiger partial charge is 0.315 e. The third-order valence-electron chi connectivity index (χ3n) is 1.57. The van der Waals surface area contributed by atoms with E-state index in [0.29, 0.717) is 5.75 Å². The Balaban J connectivity index is 3.90. The highest BCUT2D eigenvalue weighted by molar-refractivity contribution is 7.98. The number of carbonyl (C=O) groups excluding carboxylic acids is 1. The molecule has 5 heteroatoms. The van der Waals surface area contributed by atoms with Crippen LogP contribution in [-0.4, -0.2) is 40.8 Å². The summed E-state index contributed by atoms with van der Waals surface area (Å²) in [4.78, 5) is 11.4. The molecule has 0 aliphatic heterocycles. The van der Waals surface area contributed by atoms with Gasteiger partial charge in [-0.15, -0.1) is 0 Å². The Morgan fingerprint density at radius 3 is 2.27 bits per heavy atom. The second-order valence-corrected chi connectivity index (χ2v) is 5.85. The van der Waals surface area contributed by atoms with Crippen molar-refractivity contribution in [1.82, 2.24) is 10.6 Å². The summed E-state index contributed by atoms with van der Waals surface area (Å²) in [5.74, 6) is 0.600. The Morgan fingerprint density at radius 1 is 1.33 bits per heavy atom. The van der Waals surface area contributed by atoms with E-state index in [0.717, 1.165) is 0 Å². The molecule has 1 atom stereocenters. The zero-order chi connectivity index (χ0) is 12.1. The molecule has 0 aromatic carbocycles. The normalized spacial score (nSPS) is 15.6. The topological polar surface area (TPSA) is 61.4 Å². The lowest BCUT2D eigenvalue weighted by Gasteiger charge is -2.25. The Labute approximate surface area is 96.2 Å². The van der Waals surface area contributed by atoms with Crippen LogP contribution in [0.15, 0.2) is 0 Å². The molecule has 15 heavy (non-hydrogen) atoms. The van der Waals surface area contributed by atoms with Crippen molar-refractivity contribution in [2.45, 2.75) is 38.8 Å². The van der Waals surface area contributed by atoms with E-state index in [1.807, 2.05) is 27.0 Å². The first-order chi connectivity index (χ1) is 6.66. The number of nitrogens with one attached hydrogen (secondary N) is 2. The fourth-order valence-corrected chi connectivity index (χ4v) is 1.74. The third-order valence-corrected chi connectivity index (χ3v) is 2.48. The van der Waals surface area contributed by atoms with Crippen LogP contribution >= 0.6 is 11.8 Å². The molecule has 0 aliphatic rings.